The summed E-state index contributed by atoms with van der Waals surface area (Å²) >= 11 is 0. The molecule has 1 aromatic heterocycles. The Hall–Kier alpha value is -1.54. The Morgan fingerprint density at radius 2 is 2.18 bits per heavy atom. The number of rotatable bonds is 5. The predicted molar refractivity (Wildman–Crippen MR) is 59.1 cm³/mol. The number of carbonyl (C=O) groups is 1. The fourth-order valence-corrected chi connectivity index (χ4v) is 1.62. The minimum absolute atomic E-state index is 0.0713. The molecule has 0 radical (unpaired) electrons. The summed E-state index contributed by atoms with van der Waals surface area (Å²) in [4.78, 5) is 15.0. The van der Waals surface area contributed by atoms with Crippen molar-refractivity contribution in [2.75, 3.05) is 12.3 Å². The molecule has 8 heteroatoms. The zero-order chi connectivity index (χ0) is 12.9. The lowest BCUT2D eigenvalue weighted by molar-refractivity contribution is 0.0948. The van der Waals surface area contributed by atoms with Crippen molar-refractivity contribution in [1.29, 1.82) is 0 Å². The van der Waals surface area contributed by atoms with Gasteiger partial charge in [0, 0.05) is 6.54 Å². The zero-order valence-electron chi connectivity index (χ0n) is 8.89. The third-order valence-corrected chi connectivity index (χ3v) is 2.71. The van der Waals surface area contributed by atoms with Gasteiger partial charge in [0.25, 0.3) is 5.91 Å². The smallest absolute Gasteiger partial charge is 0.269 e. The molecule has 0 fully saturated rings. The number of carbonyl (C=O) groups excluding carboxylic acids is 1. The standard InChI is InChI=1S/C9H12FN3O3S/c10-7-2-3-8(13-6-7)9(14)12-4-1-5-17(11,15)16/h2-3,6H,1,4-5H2,(H,12,14)(H2,11,15,16). The van der Waals surface area contributed by atoms with E-state index < -0.39 is 21.7 Å². The molecule has 0 atom stereocenters. The lowest BCUT2D eigenvalue weighted by atomic mass is 10.3. The Morgan fingerprint density at radius 3 is 2.71 bits per heavy atom. The fourth-order valence-electron chi connectivity index (χ4n) is 1.08. The summed E-state index contributed by atoms with van der Waals surface area (Å²) in [7, 11) is -3.51. The van der Waals surface area contributed by atoms with E-state index >= 15 is 0 Å². The van der Waals surface area contributed by atoms with Crippen LogP contribution in [0.2, 0.25) is 0 Å². The van der Waals surface area contributed by atoms with Crippen molar-refractivity contribution in [3.05, 3.63) is 29.8 Å². The summed E-state index contributed by atoms with van der Waals surface area (Å²) in [5, 5.41) is 7.23. The van der Waals surface area contributed by atoms with Crippen molar-refractivity contribution in [3.8, 4) is 0 Å². The molecule has 0 aliphatic carbocycles. The van der Waals surface area contributed by atoms with E-state index in [1.54, 1.807) is 0 Å². The van der Waals surface area contributed by atoms with Crippen LogP contribution >= 0.6 is 0 Å². The second kappa shape index (κ2) is 5.69. The molecule has 3 N–H and O–H groups in total. The Bertz CT molecular complexity index is 487. The van der Waals surface area contributed by atoms with E-state index in [4.69, 9.17) is 5.14 Å². The van der Waals surface area contributed by atoms with Gasteiger partial charge in [-0.3, -0.25) is 4.79 Å². The highest BCUT2D eigenvalue weighted by molar-refractivity contribution is 7.89. The molecule has 17 heavy (non-hydrogen) atoms. The maximum atomic E-state index is 12.5. The molecule has 1 heterocycles. The topological polar surface area (TPSA) is 102 Å². The van der Waals surface area contributed by atoms with E-state index in [-0.39, 0.29) is 24.4 Å². The third kappa shape index (κ3) is 5.36. The third-order valence-electron chi connectivity index (χ3n) is 1.85. The number of amides is 1. The van der Waals surface area contributed by atoms with Gasteiger partial charge in [-0.05, 0) is 18.6 Å². The molecule has 6 nitrogen and oxygen atoms in total. The number of nitrogens with zero attached hydrogens (tertiary/aromatic N) is 1. The second-order valence-corrected chi connectivity index (χ2v) is 5.07. The van der Waals surface area contributed by atoms with Gasteiger partial charge in [-0.2, -0.15) is 0 Å². The summed E-state index contributed by atoms with van der Waals surface area (Å²) in [6, 6.07) is 2.36. The summed E-state index contributed by atoms with van der Waals surface area (Å²) in [5.41, 5.74) is 0.0713. The molecule has 0 aromatic carbocycles. The number of pyridine rings is 1. The maximum Gasteiger partial charge on any atom is 0.269 e. The first-order valence-electron chi connectivity index (χ1n) is 4.79. The quantitative estimate of drug-likeness (QED) is 0.706. The van der Waals surface area contributed by atoms with E-state index in [0.717, 1.165) is 12.3 Å². The number of halogens is 1. The zero-order valence-corrected chi connectivity index (χ0v) is 9.71. The molecule has 1 amide bonds. The molecule has 0 saturated heterocycles. The van der Waals surface area contributed by atoms with E-state index in [1.807, 2.05) is 0 Å². The van der Waals surface area contributed by atoms with Crippen molar-refractivity contribution < 1.29 is 17.6 Å². The Kier molecular flexibility index (Phi) is 4.53. The van der Waals surface area contributed by atoms with E-state index in [2.05, 4.69) is 10.3 Å². The average molecular weight is 261 g/mol. The molecule has 0 spiro atoms. The minimum atomic E-state index is -3.51. The van der Waals surface area contributed by atoms with Gasteiger partial charge in [-0.25, -0.2) is 22.9 Å². The second-order valence-electron chi connectivity index (χ2n) is 3.34. The maximum absolute atomic E-state index is 12.5. The van der Waals surface area contributed by atoms with Crippen molar-refractivity contribution in [2.45, 2.75) is 6.42 Å². The first kappa shape index (κ1) is 13.5. The summed E-state index contributed by atoms with van der Waals surface area (Å²) in [5.74, 6) is -1.22. The largest absolute Gasteiger partial charge is 0.351 e. The van der Waals surface area contributed by atoms with Crippen LogP contribution in [0.4, 0.5) is 4.39 Å². The van der Waals surface area contributed by atoms with Crippen LogP contribution in [-0.4, -0.2) is 31.6 Å². The van der Waals surface area contributed by atoms with Gasteiger partial charge in [0.15, 0.2) is 0 Å². The number of hydrogen-bond donors (Lipinski definition) is 2. The minimum Gasteiger partial charge on any atom is -0.351 e. The Labute approximate surface area is 98.1 Å². The van der Waals surface area contributed by atoms with Gasteiger partial charge in [0.2, 0.25) is 10.0 Å². The van der Waals surface area contributed by atoms with Crippen LogP contribution in [0.25, 0.3) is 0 Å². The van der Waals surface area contributed by atoms with Gasteiger partial charge in [-0.1, -0.05) is 0 Å². The van der Waals surface area contributed by atoms with Crippen LogP contribution in [0.1, 0.15) is 16.9 Å². The highest BCUT2D eigenvalue weighted by Gasteiger charge is 2.07. The fraction of sp³-hybridized carbons (Fsp3) is 0.333. The molecule has 94 valence electrons. The van der Waals surface area contributed by atoms with E-state index in [9.17, 15) is 17.6 Å². The molecule has 1 aromatic rings. The van der Waals surface area contributed by atoms with Crippen molar-refractivity contribution in [3.63, 3.8) is 0 Å². The van der Waals surface area contributed by atoms with Gasteiger partial charge >= 0.3 is 0 Å². The number of sulfonamides is 1. The van der Waals surface area contributed by atoms with Gasteiger partial charge in [0.1, 0.15) is 11.5 Å². The van der Waals surface area contributed by atoms with Crippen LogP contribution in [-0.2, 0) is 10.0 Å². The number of nitrogens with one attached hydrogen (secondary N) is 1. The monoisotopic (exact) mass is 261 g/mol. The molecule has 0 bridgehead atoms. The lowest BCUT2D eigenvalue weighted by Gasteiger charge is -2.03. The van der Waals surface area contributed by atoms with Crippen molar-refractivity contribution in [2.24, 2.45) is 5.14 Å². The van der Waals surface area contributed by atoms with Crippen molar-refractivity contribution >= 4 is 15.9 Å². The Balaban J connectivity index is 2.38. The molecule has 1 rings (SSSR count). The molecule has 0 saturated carbocycles. The first-order chi connectivity index (χ1) is 7.88. The summed E-state index contributed by atoms with van der Waals surface area (Å²) < 4.78 is 33.7. The van der Waals surface area contributed by atoms with Crippen LogP contribution in [0.15, 0.2) is 18.3 Å². The number of primary sulfonamides is 1. The normalized spacial score (nSPS) is 11.2. The SMILES string of the molecule is NS(=O)(=O)CCCNC(=O)c1ccc(F)cn1. The number of hydrogen-bond acceptors (Lipinski definition) is 4. The van der Waals surface area contributed by atoms with E-state index in [1.165, 1.54) is 6.07 Å². The molecular weight excluding hydrogens is 249 g/mol. The molecule has 0 aliphatic rings. The molecule has 0 aliphatic heterocycles. The lowest BCUT2D eigenvalue weighted by Crippen LogP contribution is -2.27. The van der Waals surface area contributed by atoms with Crippen LogP contribution in [0, 0.1) is 5.82 Å². The first-order valence-corrected chi connectivity index (χ1v) is 6.50. The Morgan fingerprint density at radius 1 is 1.47 bits per heavy atom. The van der Waals surface area contributed by atoms with Crippen molar-refractivity contribution in [1.82, 2.24) is 10.3 Å². The van der Waals surface area contributed by atoms with Gasteiger partial charge < -0.3 is 5.32 Å². The van der Waals surface area contributed by atoms with Crippen LogP contribution in [0.5, 0.6) is 0 Å². The van der Waals surface area contributed by atoms with E-state index in [0.29, 0.717) is 0 Å². The van der Waals surface area contributed by atoms with Crippen LogP contribution in [0.3, 0.4) is 0 Å². The average Bonchev–Trinajstić information content (AvgIpc) is 2.24. The van der Waals surface area contributed by atoms with Crippen LogP contribution < -0.4 is 10.5 Å². The molecule has 0 unspecified atom stereocenters. The summed E-state index contributed by atoms with van der Waals surface area (Å²) in [6.45, 7) is 0.161. The highest BCUT2D eigenvalue weighted by atomic mass is 32.2. The molecular formula is C9H12FN3O3S. The number of nitrogens with two attached hydrogens (primary N) is 1. The predicted octanol–water partition coefficient (Wildman–Crippen LogP) is -0.371. The summed E-state index contributed by atoms with van der Waals surface area (Å²) in [6.07, 6.45) is 1.14. The van der Waals surface area contributed by atoms with Gasteiger partial charge in [0.05, 0.1) is 11.9 Å². The highest BCUT2D eigenvalue weighted by Crippen LogP contribution is 1.97. The number of aromatic nitrogens is 1. The van der Waals surface area contributed by atoms with Gasteiger partial charge in [-0.15, -0.1) is 0 Å².